The maximum absolute atomic E-state index is 13.3. The van der Waals surface area contributed by atoms with Crippen LogP contribution in [0.2, 0.25) is 5.02 Å². The molecule has 0 aliphatic carbocycles. The fourth-order valence-electron chi connectivity index (χ4n) is 4.19. The van der Waals surface area contributed by atoms with Gasteiger partial charge in [-0.1, -0.05) is 11.6 Å². The standard InChI is InChI=1S/C22H21ClF2N8O2/c1-31-8-5-13(10-31)33-11-15(18(29-33)14-9-12(23)3-4-16(14)35-22(24)25)28-21(34)17-19(26)30-32-7-2-6-27-20(17)32/h2-4,6-7,9,11,13,22H,5,8,10H2,1H3,(H2,26,30)(H,28,34). The number of rotatable bonds is 6. The fourth-order valence-corrected chi connectivity index (χ4v) is 4.36. The molecule has 4 aromatic rings. The van der Waals surface area contributed by atoms with E-state index in [0.29, 0.717) is 5.02 Å². The van der Waals surface area contributed by atoms with Crippen LogP contribution in [0.15, 0.2) is 42.9 Å². The highest BCUT2D eigenvalue weighted by Gasteiger charge is 2.27. The van der Waals surface area contributed by atoms with Crippen molar-refractivity contribution in [3.8, 4) is 17.0 Å². The van der Waals surface area contributed by atoms with E-state index in [9.17, 15) is 13.6 Å². The second-order valence-electron chi connectivity index (χ2n) is 8.20. The van der Waals surface area contributed by atoms with Crippen LogP contribution in [0.4, 0.5) is 20.3 Å². The van der Waals surface area contributed by atoms with Gasteiger partial charge in [-0.25, -0.2) is 9.50 Å². The zero-order valence-electron chi connectivity index (χ0n) is 18.5. The zero-order chi connectivity index (χ0) is 24.7. The Morgan fingerprint density at radius 3 is 2.91 bits per heavy atom. The summed E-state index contributed by atoms with van der Waals surface area (Å²) in [6.07, 6.45) is 5.65. The van der Waals surface area contributed by atoms with Gasteiger partial charge in [0.2, 0.25) is 0 Å². The van der Waals surface area contributed by atoms with E-state index >= 15 is 0 Å². The predicted octanol–water partition coefficient (Wildman–Crippen LogP) is 3.56. The Balaban J connectivity index is 1.59. The number of hydrogen-bond donors (Lipinski definition) is 2. The van der Waals surface area contributed by atoms with Crippen LogP contribution in [-0.2, 0) is 0 Å². The molecule has 1 aliphatic heterocycles. The molecule has 1 unspecified atom stereocenters. The minimum atomic E-state index is -3.05. The molecule has 0 radical (unpaired) electrons. The minimum Gasteiger partial charge on any atom is -0.434 e. The maximum atomic E-state index is 13.3. The van der Waals surface area contributed by atoms with Crippen molar-refractivity contribution in [2.45, 2.75) is 19.1 Å². The Bertz CT molecular complexity index is 1410. The third-order valence-corrected chi connectivity index (χ3v) is 6.02. The van der Waals surface area contributed by atoms with Crippen LogP contribution >= 0.6 is 11.6 Å². The summed E-state index contributed by atoms with van der Waals surface area (Å²) < 4.78 is 34.1. The molecule has 1 amide bonds. The van der Waals surface area contributed by atoms with Crippen LogP contribution in [0.5, 0.6) is 5.75 Å². The first-order valence-corrected chi connectivity index (χ1v) is 11.1. The van der Waals surface area contributed by atoms with Gasteiger partial charge >= 0.3 is 6.61 Å². The van der Waals surface area contributed by atoms with Gasteiger partial charge in [0.15, 0.2) is 11.5 Å². The highest BCUT2D eigenvalue weighted by atomic mass is 35.5. The second-order valence-corrected chi connectivity index (χ2v) is 8.63. The Hall–Kier alpha value is -3.77. The second kappa shape index (κ2) is 9.12. The zero-order valence-corrected chi connectivity index (χ0v) is 19.3. The van der Waals surface area contributed by atoms with Crippen molar-refractivity contribution in [3.63, 3.8) is 0 Å². The molecule has 3 N–H and O–H groups in total. The Labute approximate surface area is 203 Å². The summed E-state index contributed by atoms with van der Waals surface area (Å²) in [5.41, 5.74) is 7.08. The van der Waals surface area contributed by atoms with E-state index in [1.54, 1.807) is 23.1 Å². The smallest absolute Gasteiger partial charge is 0.387 e. The van der Waals surface area contributed by atoms with E-state index in [4.69, 9.17) is 22.1 Å². The number of benzene rings is 1. The third kappa shape index (κ3) is 4.49. The van der Waals surface area contributed by atoms with Gasteiger partial charge in [-0.3, -0.25) is 9.48 Å². The van der Waals surface area contributed by atoms with Crippen LogP contribution in [0.3, 0.4) is 0 Å². The first-order valence-electron chi connectivity index (χ1n) is 10.7. The summed E-state index contributed by atoms with van der Waals surface area (Å²) in [4.78, 5) is 19.6. The lowest BCUT2D eigenvalue weighted by Gasteiger charge is -2.12. The summed E-state index contributed by atoms with van der Waals surface area (Å²) in [5, 5.41) is 11.9. The summed E-state index contributed by atoms with van der Waals surface area (Å²) >= 11 is 6.17. The van der Waals surface area contributed by atoms with Crippen molar-refractivity contribution >= 4 is 34.7 Å². The number of halogens is 3. The van der Waals surface area contributed by atoms with Gasteiger partial charge in [-0.2, -0.15) is 13.9 Å². The number of hydrogen-bond acceptors (Lipinski definition) is 7. The number of ether oxygens (including phenoxy) is 1. The van der Waals surface area contributed by atoms with Gasteiger partial charge in [0.25, 0.3) is 5.91 Å². The molecule has 1 aromatic carbocycles. The van der Waals surface area contributed by atoms with E-state index in [1.807, 2.05) is 7.05 Å². The number of alkyl halides is 2. The summed E-state index contributed by atoms with van der Waals surface area (Å²) in [5.74, 6) is -0.693. The van der Waals surface area contributed by atoms with Gasteiger partial charge in [0.1, 0.15) is 17.0 Å². The van der Waals surface area contributed by atoms with Gasteiger partial charge in [0, 0.05) is 35.7 Å². The van der Waals surface area contributed by atoms with Crippen molar-refractivity contribution in [3.05, 3.63) is 53.4 Å². The van der Waals surface area contributed by atoms with Crippen molar-refractivity contribution in [2.75, 3.05) is 31.2 Å². The summed E-state index contributed by atoms with van der Waals surface area (Å²) in [6.45, 7) is -1.43. The van der Waals surface area contributed by atoms with Crippen LogP contribution < -0.4 is 15.8 Å². The Morgan fingerprint density at radius 2 is 2.17 bits per heavy atom. The number of nitrogens with two attached hydrogens (primary N) is 1. The molecule has 3 aromatic heterocycles. The van der Waals surface area contributed by atoms with E-state index in [1.165, 1.54) is 28.9 Å². The average Bonchev–Trinajstić information content (AvgIpc) is 3.50. The van der Waals surface area contributed by atoms with Gasteiger partial charge in [-0.05, 0) is 44.3 Å². The topological polar surface area (TPSA) is 116 Å². The number of carbonyl (C=O) groups is 1. The number of fused-ring (bicyclic) bond motifs is 1. The number of aromatic nitrogens is 5. The Kier molecular flexibility index (Phi) is 5.99. The molecule has 0 bridgehead atoms. The summed E-state index contributed by atoms with van der Waals surface area (Å²) in [7, 11) is 2.00. The number of nitrogens with one attached hydrogen (secondary N) is 1. The van der Waals surface area contributed by atoms with Crippen molar-refractivity contribution in [1.82, 2.24) is 29.3 Å². The van der Waals surface area contributed by atoms with Crippen molar-refractivity contribution in [1.29, 1.82) is 0 Å². The third-order valence-electron chi connectivity index (χ3n) is 5.78. The van der Waals surface area contributed by atoms with Gasteiger partial charge in [-0.15, -0.1) is 5.10 Å². The van der Waals surface area contributed by atoms with E-state index < -0.39 is 12.5 Å². The number of nitrogen functional groups attached to an aromatic ring is 1. The molecule has 1 saturated heterocycles. The number of likely N-dealkylation sites (tertiary alicyclic amines) is 1. The molecule has 35 heavy (non-hydrogen) atoms. The van der Waals surface area contributed by atoms with E-state index in [2.05, 4.69) is 25.4 Å². The Morgan fingerprint density at radius 1 is 1.34 bits per heavy atom. The molecular weight excluding hydrogens is 482 g/mol. The summed E-state index contributed by atoms with van der Waals surface area (Å²) in [6, 6.07) is 5.94. The highest BCUT2D eigenvalue weighted by molar-refractivity contribution is 6.31. The molecular formula is C22H21ClF2N8O2. The molecule has 1 atom stereocenters. The number of likely N-dealkylation sites (N-methyl/N-ethyl adjacent to an activating group) is 1. The predicted molar refractivity (Wildman–Crippen MR) is 126 cm³/mol. The highest BCUT2D eigenvalue weighted by Crippen LogP contribution is 2.38. The molecule has 5 rings (SSSR count). The van der Waals surface area contributed by atoms with Crippen molar-refractivity contribution < 1.29 is 18.3 Å². The maximum Gasteiger partial charge on any atom is 0.387 e. The monoisotopic (exact) mass is 502 g/mol. The molecule has 13 heteroatoms. The molecule has 182 valence electrons. The SMILES string of the molecule is CN1CCC(n2cc(NC(=O)c3c(N)nn4cccnc34)c(-c3cc(Cl)ccc3OC(F)F)n2)C1. The number of amides is 1. The van der Waals surface area contributed by atoms with Crippen LogP contribution in [-0.4, -0.2) is 61.9 Å². The lowest BCUT2D eigenvalue weighted by atomic mass is 10.1. The van der Waals surface area contributed by atoms with E-state index in [-0.39, 0.29) is 45.8 Å². The first kappa shape index (κ1) is 23.0. The van der Waals surface area contributed by atoms with Crippen LogP contribution in [0, 0.1) is 0 Å². The van der Waals surface area contributed by atoms with Gasteiger partial charge < -0.3 is 20.7 Å². The largest absolute Gasteiger partial charge is 0.434 e. The number of nitrogens with zero attached hydrogens (tertiary/aromatic N) is 6. The molecule has 1 fully saturated rings. The minimum absolute atomic E-state index is 0.00274. The lowest BCUT2D eigenvalue weighted by Crippen LogP contribution is -2.16. The van der Waals surface area contributed by atoms with Crippen LogP contribution in [0.25, 0.3) is 16.9 Å². The van der Waals surface area contributed by atoms with Gasteiger partial charge in [0.05, 0.1) is 11.7 Å². The number of carbonyl (C=O) groups excluding carboxylic acids is 1. The molecule has 1 aliphatic rings. The van der Waals surface area contributed by atoms with E-state index in [0.717, 1.165) is 19.5 Å². The molecule has 10 nitrogen and oxygen atoms in total. The molecule has 4 heterocycles. The average molecular weight is 503 g/mol. The van der Waals surface area contributed by atoms with Crippen molar-refractivity contribution in [2.24, 2.45) is 0 Å². The quantitative estimate of drug-likeness (QED) is 0.414. The fraction of sp³-hybridized carbons (Fsp3) is 0.273. The number of anilines is 2. The van der Waals surface area contributed by atoms with Crippen LogP contribution in [0.1, 0.15) is 22.8 Å². The first-order chi connectivity index (χ1) is 16.8. The molecule has 0 spiro atoms. The lowest BCUT2D eigenvalue weighted by molar-refractivity contribution is -0.0494. The molecule has 0 saturated carbocycles. The normalized spacial score (nSPS) is 16.3.